The quantitative estimate of drug-likeness (QED) is 0.714. The number of aryl methyl sites for hydroxylation is 3. The van der Waals surface area contributed by atoms with Gasteiger partial charge in [0.25, 0.3) is 0 Å². The zero-order chi connectivity index (χ0) is 11.2. The van der Waals surface area contributed by atoms with Crippen molar-refractivity contribution in [2.45, 2.75) is 26.2 Å². The van der Waals surface area contributed by atoms with E-state index in [1.807, 2.05) is 0 Å². The molecule has 0 bridgehead atoms. The van der Waals surface area contributed by atoms with Crippen molar-refractivity contribution in [3.63, 3.8) is 0 Å². The van der Waals surface area contributed by atoms with Gasteiger partial charge in [-0.05, 0) is 36.0 Å². The van der Waals surface area contributed by atoms with Crippen LogP contribution < -0.4 is 0 Å². The lowest BCUT2D eigenvalue weighted by Gasteiger charge is -2.07. The summed E-state index contributed by atoms with van der Waals surface area (Å²) >= 11 is 0. The summed E-state index contributed by atoms with van der Waals surface area (Å²) in [5, 5.41) is 0. The monoisotopic (exact) mass is 210 g/mol. The van der Waals surface area contributed by atoms with Crippen LogP contribution in [0.4, 0.5) is 0 Å². The lowest BCUT2D eigenvalue weighted by molar-refractivity contribution is 0.931. The van der Waals surface area contributed by atoms with Gasteiger partial charge in [-0.15, -0.1) is 0 Å². The van der Waals surface area contributed by atoms with Gasteiger partial charge in [0.05, 0.1) is 0 Å². The normalized spacial score (nSPS) is 10.3. The van der Waals surface area contributed by atoms with Crippen LogP contribution in [0, 0.1) is 0 Å². The maximum Gasteiger partial charge on any atom is -0.0236 e. The molecule has 2 aromatic rings. The van der Waals surface area contributed by atoms with E-state index < -0.39 is 0 Å². The Morgan fingerprint density at radius 1 is 0.688 bits per heavy atom. The van der Waals surface area contributed by atoms with E-state index in [1.165, 1.54) is 16.7 Å². The van der Waals surface area contributed by atoms with Crippen LogP contribution in [0.1, 0.15) is 23.6 Å². The number of hydrogen-bond donors (Lipinski definition) is 0. The lowest BCUT2D eigenvalue weighted by Crippen LogP contribution is -1.95. The fourth-order valence-electron chi connectivity index (χ4n) is 2.07. The van der Waals surface area contributed by atoms with E-state index in [4.69, 9.17) is 0 Å². The van der Waals surface area contributed by atoms with Crippen molar-refractivity contribution in [3.05, 3.63) is 71.3 Å². The molecule has 0 aliphatic carbocycles. The fraction of sp³-hybridized carbons (Fsp3) is 0.250. The van der Waals surface area contributed by atoms with Crippen molar-refractivity contribution in [1.82, 2.24) is 0 Å². The number of hydrogen-bond acceptors (Lipinski definition) is 0. The zero-order valence-corrected chi connectivity index (χ0v) is 9.82. The molecule has 0 heteroatoms. The molecule has 0 heterocycles. The van der Waals surface area contributed by atoms with E-state index in [2.05, 4.69) is 61.5 Å². The second kappa shape index (κ2) is 5.50. The first-order valence-corrected chi connectivity index (χ1v) is 6.01. The first-order chi connectivity index (χ1) is 7.90. The maximum atomic E-state index is 2.25. The third-order valence-electron chi connectivity index (χ3n) is 3.03. The summed E-state index contributed by atoms with van der Waals surface area (Å²) in [5.74, 6) is 0. The predicted molar refractivity (Wildman–Crippen MR) is 69.7 cm³/mol. The number of rotatable bonds is 4. The van der Waals surface area contributed by atoms with Crippen LogP contribution in [0.2, 0.25) is 0 Å². The standard InChI is InChI=1S/C16H18/c1-2-15-10-6-7-11-16(15)13-12-14-8-4-3-5-9-14/h3-11H,2,12-13H2,1H3. The first kappa shape index (κ1) is 10.9. The van der Waals surface area contributed by atoms with E-state index in [0.717, 1.165) is 19.3 Å². The Hall–Kier alpha value is -1.56. The predicted octanol–water partition coefficient (Wildman–Crippen LogP) is 4.03. The van der Waals surface area contributed by atoms with Gasteiger partial charge in [0.2, 0.25) is 0 Å². The van der Waals surface area contributed by atoms with Crippen molar-refractivity contribution in [2.75, 3.05) is 0 Å². The molecule has 0 nitrogen and oxygen atoms in total. The van der Waals surface area contributed by atoms with Gasteiger partial charge in [-0.1, -0.05) is 61.5 Å². The fourth-order valence-corrected chi connectivity index (χ4v) is 2.07. The summed E-state index contributed by atoms with van der Waals surface area (Å²) in [6.07, 6.45) is 3.41. The maximum absolute atomic E-state index is 2.25. The first-order valence-electron chi connectivity index (χ1n) is 6.01. The van der Waals surface area contributed by atoms with Gasteiger partial charge >= 0.3 is 0 Å². The minimum atomic E-state index is 1.13. The molecule has 0 N–H and O–H groups in total. The third kappa shape index (κ3) is 2.73. The minimum Gasteiger partial charge on any atom is -0.0622 e. The third-order valence-corrected chi connectivity index (χ3v) is 3.03. The van der Waals surface area contributed by atoms with Crippen molar-refractivity contribution in [2.24, 2.45) is 0 Å². The molecule has 0 spiro atoms. The molecular weight excluding hydrogens is 192 g/mol. The Morgan fingerprint density at radius 3 is 2.00 bits per heavy atom. The van der Waals surface area contributed by atoms with E-state index in [9.17, 15) is 0 Å². The summed E-state index contributed by atoms with van der Waals surface area (Å²) in [5.41, 5.74) is 4.40. The highest BCUT2D eigenvalue weighted by Gasteiger charge is 1.99. The van der Waals surface area contributed by atoms with Crippen molar-refractivity contribution in [3.8, 4) is 0 Å². The van der Waals surface area contributed by atoms with Crippen LogP contribution in [-0.2, 0) is 19.3 Å². The van der Waals surface area contributed by atoms with Gasteiger partial charge in [0.15, 0.2) is 0 Å². The van der Waals surface area contributed by atoms with Gasteiger partial charge in [0.1, 0.15) is 0 Å². The Morgan fingerprint density at radius 2 is 1.31 bits per heavy atom. The van der Waals surface area contributed by atoms with Gasteiger partial charge in [-0.3, -0.25) is 0 Å². The summed E-state index contributed by atoms with van der Waals surface area (Å²) in [6, 6.07) is 19.5. The van der Waals surface area contributed by atoms with E-state index in [1.54, 1.807) is 0 Å². The van der Waals surface area contributed by atoms with Crippen molar-refractivity contribution in [1.29, 1.82) is 0 Å². The molecule has 2 aromatic carbocycles. The molecule has 0 radical (unpaired) electrons. The highest BCUT2D eigenvalue weighted by molar-refractivity contribution is 5.28. The molecule has 0 unspecified atom stereocenters. The van der Waals surface area contributed by atoms with Crippen LogP contribution in [0.25, 0.3) is 0 Å². The number of benzene rings is 2. The smallest absolute Gasteiger partial charge is 0.0236 e. The van der Waals surface area contributed by atoms with Crippen LogP contribution in [0.5, 0.6) is 0 Å². The molecule has 0 saturated carbocycles. The molecule has 0 amide bonds. The van der Waals surface area contributed by atoms with Gasteiger partial charge in [-0.25, -0.2) is 0 Å². The molecule has 0 aliphatic heterocycles. The second-order valence-corrected chi connectivity index (χ2v) is 4.11. The Bertz CT molecular complexity index is 429. The van der Waals surface area contributed by atoms with Gasteiger partial charge in [-0.2, -0.15) is 0 Å². The summed E-state index contributed by atoms with van der Waals surface area (Å²) < 4.78 is 0. The summed E-state index contributed by atoms with van der Waals surface area (Å²) in [6.45, 7) is 2.22. The Kier molecular flexibility index (Phi) is 3.76. The molecule has 82 valence electrons. The molecular formula is C16H18. The Labute approximate surface area is 97.9 Å². The average molecular weight is 210 g/mol. The van der Waals surface area contributed by atoms with Crippen LogP contribution in [0.3, 0.4) is 0 Å². The highest BCUT2D eigenvalue weighted by atomic mass is 14.0. The molecule has 0 saturated heterocycles. The molecule has 0 atom stereocenters. The molecule has 2 rings (SSSR count). The minimum absolute atomic E-state index is 1.13. The second-order valence-electron chi connectivity index (χ2n) is 4.11. The van der Waals surface area contributed by atoms with Crippen LogP contribution in [0.15, 0.2) is 54.6 Å². The van der Waals surface area contributed by atoms with E-state index in [-0.39, 0.29) is 0 Å². The van der Waals surface area contributed by atoms with E-state index in [0.29, 0.717) is 0 Å². The Balaban J connectivity index is 2.05. The van der Waals surface area contributed by atoms with Crippen molar-refractivity contribution >= 4 is 0 Å². The molecule has 0 aromatic heterocycles. The van der Waals surface area contributed by atoms with Crippen LogP contribution in [-0.4, -0.2) is 0 Å². The molecule has 0 fully saturated rings. The van der Waals surface area contributed by atoms with Crippen LogP contribution >= 0.6 is 0 Å². The zero-order valence-electron chi connectivity index (χ0n) is 9.82. The summed E-state index contributed by atoms with van der Waals surface area (Å²) in [7, 11) is 0. The average Bonchev–Trinajstić information content (AvgIpc) is 2.38. The topological polar surface area (TPSA) is 0 Å². The largest absolute Gasteiger partial charge is 0.0622 e. The summed E-state index contributed by atoms with van der Waals surface area (Å²) in [4.78, 5) is 0. The lowest BCUT2D eigenvalue weighted by atomic mass is 9.98. The van der Waals surface area contributed by atoms with Crippen molar-refractivity contribution < 1.29 is 0 Å². The molecule has 16 heavy (non-hydrogen) atoms. The highest BCUT2D eigenvalue weighted by Crippen LogP contribution is 2.12. The molecule has 0 aliphatic rings. The van der Waals surface area contributed by atoms with Gasteiger partial charge < -0.3 is 0 Å². The SMILES string of the molecule is CCc1ccccc1CCc1ccccc1. The van der Waals surface area contributed by atoms with Gasteiger partial charge in [0, 0.05) is 0 Å². The van der Waals surface area contributed by atoms with E-state index >= 15 is 0 Å².